The molecule has 0 spiro atoms. The lowest BCUT2D eigenvalue weighted by atomic mass is 10.2. The molecule has 1 aromatic heterocycles. The second kappa shape index (κ2) is 4.51. The lowest BCUT2D eigenvalue weighted by Crippen LogP contribution is -1.78. The van der Waals surface area contributed by atoms with Crippen LogP contribution in [0.5, 0.6) is 0 Å². The number of hydrogen-bond donors (Lipinski definition) is 1. The average Bonchev–Trinajstić information content (AvgIpc) is 2.70. The van der Waals surface area contributed by atoms with E-state index in [4.69, 9.17) is 23.2 Å². The Hall–Kier alpha value is -1.25. The summed E-state index contributed by atoms with van der Waals surface area (Å²) in [6, 6.07) is 5.42. The highest BCUT2D eigenvalue weighted by Crippen LogP contribution is 2.25. The fourth-order valence-electron chi connectivity index (χ4n) is 1.20. The largest absolute Gasteiger partial charge is 0.345 e. The smallest absolute Gasteiger partial charge is 0.129 e. The van der Waals surface area contributed by atoms with Crippen LogP contribution in [-0.2, 0) is 0 Å². The summed E-state index contributed by atoms with van der Waals surface area (Å²) in [5, 5.41) is 1.26. The van der Waals surface area contributed by atoms with Crippen LogP contribution >= 0.6 is 23.2 Å². The first-order valence-corrected chi connectivity index (χ1v) is 5.14. The van der Waals surface area contributed by atoms with Crippen molar-refractivity contribution in [2.45, 2.75) is 0 Å². The molecule has 15 heavy (non-hydrogen) atoms. The third kappa shape index (κ3) is 2.41. The molecule has 0 saturated carbocycles. The Kier molecular flexibility index (Phi) is 3.09. The van der Waals surface area contributed by atoms with Crippen LogP contribution in [-0.4, -0.2) is 9.97 Å². The van der Waals surface area contributed by atoms with Gasteiger partial charge in [-0.3, -0.25) is 0 Å². The molecule has 2 nitrogen and oxygen atoms in total. The van der Waals surface area contributed by atoms with Gasteiger partial charge in [0.15, 0.2) is 0 Å². The average molecular weight is 239 g/mol. The Morgan fingerprint density at radius 1 is 1.13 bits per heavy atom. The fourth-order valence-corrected chi connectivity index (χ4v) is 1.72. The van der Waals surface area contributed by atoms with Crippen molar-refractivity contribution in [3.63, 3.8) is 0 Å². The Morgan fingerprint density at radius 2 is 1.87 bits per heavy atom. The molecule has 0 unspecified atom stereocenters. The standard InChI is InChI=1S/C11H8Cl2N2/c12-9-2-1-3-10(13)8(9)4-5-11-14-6-7-15-11/h1-7H,(H,14,15)/b5-4+. The van der Waals surface area contributed by atoms with Gasteiger partial charge in [0, 0.05) is 28.0 Å². The molecule has 0 atom stereocenters. The van der Waals surface area contributed by atoms with Gasteiger partial charge in [0.25, 0.3) is 0 Å². The Bertz CT molecular complexity index is 455. The van der Waals surface area contributed by atoms with Crippen molar-refractivity contribution in [1.29, 1.82) is 0 Å². The number of imidazole rings is 1. The highest BCUT2D eigenvalue weighted by atomic mass is 35.5. The molecule has 2 rings (SSSR count). The topological polar surface area (TPSA) is 28.7 Å². The van der Waals surface area contributed by atoms with E-state index in [0.717, 1.165) is 11.4 Å². The van der Waals surface area contributed by atoms with E-state index in [1.807, 2.05) is 18.2 Å². The van der Waals surface area contributed by atoms with Crippen LogP contribution in [0.1, 0.15) is 11.4 Å². The molecule has 0 bridgehead atoms. The van der Waals surface area contributed by atoms with E-state index in [9.17, 15) is 0 Å². The number of hydrogen-bond acceptors (Lipinski definition) is 1. The van der Waals surface area contributed by atoms with Gasteiger partial charge in [0.05, 0.1) is 0 Å². The number of halogens is 2. The summed E-state index contributed by atoms with van der Waals surface area (Å²) in [5.41, 5.74) is 0.803. The van der Waals surface area contributed by atoms with Crippen LogP contribution in [0.3, 0.4) is 0 Å². The molecule has 2 aromatic rings. The summed E-state index contributed by atoms with van der Waals surface area (Å²) in [4.78, 5) is 7.02. The number of rotatable bonds is 2. The first-order chi connectivity index (χ1) is 7.27. The lowest BCUT2D eigenvalue weighted by molar-refractivity contribution is 1.27. The predicted molar refractivity (Wildman–Crippen MR) is 64.0 cm³/mol. The van der Waals surface area contributed by atoms with Crippen LogP contribution < -0.4 is 0 Å². The number of aromatic nitrogens is 2. The van der Waals surface area contributed by atoms with Crippen LogP contribution in [0.25, 0.3) is 12.2 Å². The van der Waals surface area contributed by atoms with Gasteiger partial charge in [-0.05, 0) is 24.3 Å². The van der Waals surface area contributed by atoms with Gasteiger partial charge < -0.3 is 4.98 Å². The van der Waals surface area contributed by atoms with E-state index < -0.39 is 0 Å². The van der Waals surface area contributed by atoms with Gasteiger partial charge in [0.1, 0.15) is 5.82 Å². The minimum atomic E-state index is 0.630. The molecule has 0 aliphatic rings. The van der Waals surface area contributed by atoms with Crippen molar-refractivity contribution in [2.75, 3.05) is 0 Å². The van der Waals surface area contributed by atoms with Gasteiger partial charge in [-0.25, -0.2) is 4.98 Å². The number of benzene rings is 1. The molecular weight excluding hydrogens is 231 g/mol. The van der Waals surface area contributed by atoms with E-state index in [-0.39, 0.29) is 0 Å². The minimum Gasteiger partial charge on any atom is -0.345 e. The Balaban J connectivity index is 2.32. The van der Waals surface area contributed by atoms with Gasteiger partial charge in [0.2, 0.25) is 0 Å². The lowest BCUT2D eigenvalue weighted by Gasteiger charge is -1.99. The van der Waals surface area contributed by atoms with E-state index >= 15 is 0 Å². The van der Waals surface area contributed by atoms with E-state index in [2.05, 4.69) is 9.97 Å². The monoisotopic (exact) mass is 238 g/mol. The van der Waals surface area contributed by atoms with Crippen LogP contribution in [0, 0.1) is 0 Å². The summed E-state index contributed by atoms with van der Waals surface area (Å²) < 4.78 is 0. The third-order valence-electron chi connectivity index (χ3n) is 1.93. The van der Waals surface area contributed by atoms with Crippen LogP contribution in [0.15, 0.2) is 30.6 Å². The van der Waals surface area contributed by atoms with Gasteiger partial charge in [-0.2, -0.15) is 0 Å². The molecule has 0 aliphatic carbocycles. The normalized spacial score (nSPS) is 11.1. The molecule has 1 aromatic carbocycles. The molecule has 0 amide bonds. The van der Waals surface area contributed by atoms with E-state index in [0.29, 0.717) is 10.0 Å². The molecule has 0 fully saturated rings. The van der Waals surface area contributed by atoms with Gasteiger partial charge >= 0.3 is 0 Å². The zero-order valence-corrected chi connectivity index (χ0v) is 9.26. The molecule has 0 radical (unpaired) electrons. The summed E-state index contributed by atoms with van der Waals surface area (Å²) in [7, 11) is 0. The molecule has 4 heteroatoms. The second-order valence-corrected chi connectivity index (χ2v) is 3.76. The molecule has 0 saturated heterocycles. The quantitative estimate of drug-likeness (QED) is 0.846. The molecule has 1 N–H and O–H groups in total. The summed E-state index contributed by atoms with van der Waals surface area (Å²) in [6.45, 7) is 0. The maximum atomic E-state index is 6.00. The zero-order chi connectivity index (χ0) is 10.7. The van der Waals surface area contributed by atoms with Gasteiger partial charge in [-0.15, -0.1) is 0 Å². The minimum absolute atomic E-state index is 0.630. The van der Waals surface area contributed by atoms with Crippen molar-refractivity contribution < 1.29 is 0 Å². The number of H-pyrrole nitrogens is 1. The molecular formula is C11H8Cl2N2. The van der Waals surface area contributed by atoms with E-state index in [1.165, 1.54) is 0 Å². The number of nitrogens with zero attached hydrogens (tertiary/aromatic N) is 1. The van der Waals surface area contributed by atoms with Crippen molar-refractivity contribution >= 4 is 35.4 Å². The highest BCUT2D eigenvalue weighted by Gasteiger charge is 2.00. The van der Waals surface area contributed by atoms with Crippen molar-refractivity contribution in [3.8, 4) is 0 Å². The van der Waals surface area contributed by atoms with E-state index in [1.54, 1.807) is 24.5 Å². The summed E-state index contributed by atoms with van der Waals surface area (Å²) in [5.74, 6) is 0.769. The number of aromatic amines is 1. The second-order valence-electron chi connectivity index (χ2n) is 2.94. The van der Waals surface area contributed by atoms with Crippen LogP contribution in [0.4, 0.5) is 0 Å². The zero-order valence-electron chi connectivity index (χ0n) is 7.74. The maximum absolute atomic E-state index is 6.00. The van der Waals surface area contributed by atoms with Crippen LogP contribution in [0.2, 0.25) is 10.0 Å². The maximum Gasteiger partial charge on any atom is 0.129 e. The number of nitrogens with one attached hydrogen (secondary N) is 1. The first-order valence-electron chi connectivity index (χ1n) is 4.39. The fraction of sp³-hybridized carbons (Fsp3) is 0. The van der Waals surface area contributed by atoms with Crippen molar-refractivity contribution in [1.82, 2.24) is 9.97 Å². The SMILES string of the molecule is Clc1cccc(Cl)c1/C=C/c1ncc[nH]1. The molecule has 1 heterocycles. The highest BCUT2D eigenvalue weighted by molar-refractivity contribution is 6.37. The molecule has 76 valence electrons. The summed E-state index contributed by atoms with van der Waals surface area (Å²) >= 11 is 12.0. The Morgan fingerprint density at radius 3 is 2.47 bits per heavy atom. The third-order valence-corrected chi connectivity index (χ3v) is 2.59. The summed E-state index contributed by atoms with van der Waals surface area (Å²) in [6.07, 6.45) is 7.11. The predicted octanol–water partition coefficient (Wildman–Crippen LogP) is 3.89. The van der Waals surface area contributed by atoms with Crippen molar-refractivity contribution in [3.05, 3.63) is 52.0 Å². The first kappa shape index (κ1) is 10.3. The van der Waals surface area contributed by atoms with Gasteiger partial charge in [-0.1, -0.05) is 29.3 Å². The van der Waals surface area contributed by atoms with Crippen molar-refractivity contribution in [2.24, 2.45) is 0 Å². The Labute approximate surface area is 97.6 Å². The molecule has 0 aliphatic heterocycles.